The van der Waals surface area contributed by atoms with Crippen LogP contribution in [0.2, 0.25) is 0 Å². The van der Waals surface area contributed by atoms with Crippen molar-refractivity contribution in [1.29, 1.82) is 0 Å². The van der Waals surface area contributed by atoms with Crippen molar-refractivity contribution in [3.8, 4) is 0 Å². The van der Waals surface area contributed by atoms with Gasteiger partial charge in [-0.1, -0.05) is 6.92 Å². The summed E-state index contributed by atoms with van der Waals surface area (Å²) in [5, 5.41) is 0. The van der Waals surface area contributed by atoms with E-state index in [0.717, 1.165) is 24.5 Å². The molecule has 0 bridgehead atoms. The standard InChI is InChI=1S/C12H18N6/c1-2-6-18-7-5-16-12(18)8-10(17-13)11-9-14-3-4-15-11/h3-5,7,9-10,17H,2,6,8,13H2,1H3. The van der Waals surface area contributed by atoms with Crippen LogP contribution in [0, 0.1) is 0 Å². The van der Waals surface area contributed by atoms with E-state index >= 15 is 0 Å². The molecule has 0 amide bonds. The number of hydrazine groups is 1. The molecular formula is C12H18N6. The van der Waals surface area contributed by atoms with E-state index in [1.54, 1.807) is 18.6 Å². The molecule has 6 heteroatoms. The molecular weight excluding hydrogens is 228 g/mol. The van der Waals surface area contributed by atoms with Gasteiger partial charge >= 0.3 is 0 Å². The molecule has 96 valence electrons. The van der Waals surface area contributed by atoms with Gasteiger partial charge in [0.2, 0.25) is 0 Å². The van der Waals surface area contributed by atoms with Gasteiger partial charge in [0, 0.05) is 37.8 Å². The first-order valence-electron chi connectivity index (χ1n) is 6.07. The molecule has 0 saturated heterocycles. The van der Waals surface area contributed by atoms with Crippen LogP contribution in [-0.2, 0) is 13.0 Å². The third-order valence-electron chi connectivity index (χ3n) is 2.79. The van der Waals surface area contributed by atoms with Crippen molar-refractivity contribution in [3.05, 3.63) is 42.5 Å². The maximum atomic E-state index is 5.59. The van der Waals surface area contributed by atoms with Crippen LogP contribution in [0.5, 0.6) is 0 Å². The second-order valence-electron chi connectivity index (χ2n) is 4.09. The number of nitrogens with zero attached hydrogens (tertiary/aromatic N) is 4. The first-order chi connectivity index (χ1) is 8.85. The zero-order valence-corrected chi connectivity index (χ0v) is 10.5. The normalized spacial score (nSPS) is 12.6. The Morgan fingerprint density at radius 1 is 1.33 bits per heavy atom. The molecule has 3 N–H and O–H groups in total. The molecule has 6 nitrogen and oxygen atoms in total. The van der Waals surface area contributed by atoms with Gasteiger partial charge in [0.25, 0.3) is 0 Å². The summed E-state index contributed by atoms with van der Waals surface area (Å²) in [6, 6.07) is -0.0725. The zero-order chi connectivity index (χ0) is 12.8. The summed E-state index contributed by atoms with van der Waals surface area (Å²) in [4.78, 5) is 12.7. The fraction of sp³-hybridized carbons (Fsp3) is 0.417. The minimum Gasteiger partial charge on any atom is -0.335 e. The molecule has 18 heavy (non-hydrogen) atoms. The van der Waals surface area contributed by atoms with Crippen LogP contribution in [-0.4, -0.2) is 19.5 Å². The summed E-state index contributed by atoms with van der Waals surface area (Å²) >= 11 is 0. The Morgan fingerprint density at radius 3 is 2.89 bits per heavy atom. The molecule has 0 aliphatic carbocycles. The highest BCUT2D eigenvalue weighted by molar-refractivity contribution is 5.06. The van der Waals surface area contributed by atoms with E-state index in [1.807, 2.05) is 12.4 Å². The summed E-state index contributed by atoms with van der Waals surface area (Å²) in [5.74, 6) is 6.60. The van der Waals surface area contributed by atoms with Gasteiger partial charge in [-0.05, 0) is 6.42 Å². The highest BCUT2D eigenvalue weighted by Gasteiger charge is 2.15. The van der Waals surface area contributed by atoms with E-state index < -0.39 is 0 Å². The molecule has 2 heterocycles. The van der Waals surface area contributed by atoms with Gasteiger partial charge in [0.1, 0.15) is 5.82 Å². The fourth-order valence-corrected chi connectivity index (χ4v) is 1.90. The summed E-state index contributed by atoms with van der Waals surface area (Å²) < 4.78 is 2.14. The number of nitrogens with one attached hydrogen (secondary N) is 1. The highest BCUT2D eigenvalue weighted by Crippen LogP contribution is 2.14. The number of aryl methyl sites for hydroxylation is 1. The Balaban J connectivity index is 2.13. The molecule has 0 saturated carbocycles. The molecule has 0 spiro atoms. The van der Waals surface area contributed by atoms with E-state index in [-0.39, 0.29) is 6.04 Å². The van der Waals surface area contributed by atoms with E-state index in [9.17, 15) is 0 Å². The minimum atomic E-state index is -0.0725. The quantitative estimate of drug-likeness (QED) is 0.583. The van der Waals surface area contributed by atoms with E-state index in [2.05, 4.69) is 31.9 Å². The topological polar surface area (TPSA) is 81.7 Å². The Kier molecular flexibility index (Phi) is 4.38. The van der Waals surface area contributed by atoms with Crippen molar-refractivity contribution in [1.82, 2.24) is 24.9 Å². The zero-order valence-electron chi connectivity index (χ0n) is 10.5. The fourth-order valence-electron chi connectivity index (χ4n) is 1.90. The first-order valence-corrected chi connectivity index (χ1v) is 6.07. The van der Waals surface area contributed by atoms with Crippen molar-refractivity contribution in [3.63, 3.8) is 0 Å². The smallest absolute Gasteiger partial charge is 0.110 e. The average molecular weight is 246 g/mol. The van der Waals surface area contributed by atoms with Crippen LogP contribution >= 0.6 is 0 Å². The van der Waals surface area contributed by atoms with Crippen molar-refractivity contribution in [2.45, 2.75) is 32.4 Å². The summed E-state index contributed by atoms with van der Waals surface area (Å²) in [6.07, 6.45) is 10.6. The van der Waals surface area contributed by atoms with E-state index in [4.69, 9.17) is 5.84 Å². The third-order valence-corrected chi connectivity index (χ3v) is 2.79. The van der Waals surface area contributed by atoms with Crippen molar-refractivity contribution in [2.24, 2.45) is 5.84 Å². The van der Waals surface area contributed by atoms with Crippen LogP contribution in [0.25, 0.3) is 0 Å². The van der Waals surface area contributed by atoms with Crippen LogP contribution in [0.1, 0.15) is 30.9 Å². The lowest BCUT2D eigenvalue weighted by atomic mass is 10.1. The summed E-state index contributed by atoms with van der Waals surface area (Å²) in [5.41, 5.74) is 3.60. The van der Waals surface area contributed by atoms with Gasteiger partial charge in [0.05, 0.1) is 17.9 Å². The minimum absolute atomic E-state index is 0.0725. The van der Waals surface area contributed by atoms with E-state index in [1.165, 1.54) is 0 Å². The van der Waals surface area contributed by atoms with Gasteiger partial charge < -0.3 is 4.57 Å². The Bertz CT molecular complexity index is 466. The predicted octanol–water partition coefficient (Wildman–Crippen LogP) is 0.830. The third kappa shape index (κ3) is 2.91. The number of rotatable bonds is 6. The summed E-state index contributed by atoms with van der Waals surface area (Å²) in [7, 11) is 0. The molecule has 0 aliphatic rings. The van der Waals surface area contributed by atoms with Gasteiger partial charge in [-0.15, -0.1) is 0 Å². The molecule has 1 unspecified atom stereocenters. The largest absolute Gasteiger partial charge is 0.335 e. The maximum absolute atomic E-state index is 5.59. The second kappa shape index (κ2) is 6.23. The molecule has 0 aliphatic heterocycles. The molecule has 0 aromatic carbocycles. The Hall–Kier alpha value is -1.79. The van der Waals surface area contributed by atoms with Crippen LogP contribution in [0.3, 0.4) is 0 Å². The maximum Gasteiger partial charge on any atom is 0.110 e. The van der Waals surface area contributed by atoms with Gasteiger partial charge in [-0.2, -0.15) is 0 Å². The SMILES string of the molecule is CCCn1ccnc1CC(NN)c1cnccn1. The number of aromatic nitrogens is 4. The van der Waals surface area contributed by atoms with Gasteiger partial charge in [-0.3, -0.25) is 21.2 Å². The van der Waals surface area contributed by atoms with Gasteiger partial charge in [0.15, 0.2) is 0 Å². The second-order valence-corrected chi connectivity index (χ2v) is 4.09. The Morgan fingerprint density at radius 2 is 2.22 bits per heavy atom. The molecule has 1 atom stereocenters. The number of hydrogen-bond acceptors (Lipinski definition) is 5. The molecule has 0 fully saturated rings. The molecule has 2 aromatic rings. The lowest BCUT2D eigenvalue weighted by Crippen LogP contribution is -2.31. The predicted molar refractivity (Wildman–Crippen MR) is 68.3 cm³/mol. The monoisotopic (exact) mass is 246 g/mol. The molecule has 0 radical (unpaired) electrons. The number of imidazole rings is 1. The number of hydrogen-bond donors (Lipinski definition) is 2. The number of nitrogens with two attached hydrogens (primary N) is 1. The molecule has 2 rings (SSSR count). The van der Waals surface area contributed by atoms with Crippen LogP contribution in [0.4, 0.5) is 0 Å². The van der Waals surface area contributed by atoms with Crippen LogP contribution < -0.4 is 11.3 Å². The lowest BCUT2D eigenvalue weighted by molar-refractivity contribution is 0.505. The first kappa shape index (κ1) is 12.7. The average Bonchev–Trinajstić information content (AvgIpc) is 2.85. The lowest BCUT2D eigenvalue weighted by Gasteiger charge is -2.15. The highest BCUT2D eigenvalue weighted by atomic mass is 15.2. The van der Waals surface area contributed by atoms with Crippen molar-refractivity contribution >= 4 is 0 Å². The van der Waals surface area contributed by atoms with Crippen LogP contribution in [0.15, 0.2) is 31.0 Å². The van der Waals surface area contributed by atoms with Gasteiger partial charge in [-0.25, -0.2) is 4.98 Å². The van der Waals surface area contributed by atoms with Crippen molar-refractivity contribution < 1.29 is 0 Å². The molecule has 2 aromatic heterocycles. The Labute approximate surface area is 106 Å². The van der Waals surface area contributed by atoms with Crippen molar-refractivity contribution in [2.75, 3.05) is 0 Å². The summed E-state index contributed by atoms with van der Waals surface area (Å²) in [6.45, 7) is 3.11. The van der Waals surface area contributed by atoms with E-state index in [0.29, 0.717) is 6.42 Å².